The van der Waals surface area contributed by atoms with Crippen LogP contribution in [0.2, 0.25) is 0 Å². The highest BCUT2D eigenvalue weighted by Gasteiger charge is 2.28. The van der Waals surface area contributed by atoms with Gasteiger partial charge in [0.2, 0.25) is 0 Å². The van der Waals surface area contributed by atoms with Crippen LogP contribution in [0.4, 0.5) is 0 Å². The summed E-state index contributed by atoms with van der Waals surface area (Å²) in [4.78, 5) is 12.8. The van der Waals surface area contributed by atoms with Gasteiger partial charge < -0.3 is 5.73 Å². The van der Waals surface area contributed by atoms with E-state index in [1.165, 1.54) is 17.3 Å². The molecule has 3 rings (SSSR count). The van der Waals surface area contributed by atoms with Gasteiger partial charge in [0.15, 0.2) is 5.16 Å². The van der Waals surface area contributed by atoms with Crippen molar-refractivity contribution in [2.75, 3.05) is 0 Å². The lowest BCUT2D eigenvalue weighted by atomic mass is 10.1. The Balaban J connectivity index is 1.95. The van der Waals surface area contributed by atoms with E-state index < -0.39 is 0 Å². The molecule has 0 spiro atoms. The number of aromatic nitrogens is 3. The fourth-order valence-electron chi connectivity index (χ4n) is 2.08. The van der Waals surface area contributed by atoms with E-state index in [1.807, 2.05) is 19.1 Å². The summed E-state index contributed by atoms with van der Waals surface area (Å²) >= 11 is 1.50. The first-order chi connectivity index (χ1) is 9.19. The van der Waals surface area contributed by atoms with E-state index in [-0.39, 0.29) is 5.69 Å². The lowest BCUT2D eigenvalue weighted by Gasteiger charge is -2.08. The fraction of sp³-hybridized carbons (Fsp3) is 0.385. The average Bonchev–Trinajstić information content (AvgIpc) is 3.17. The smallest absolute Gasteiger partial charge is 0.326 e. The number of nitrogens with one attached hydrogen (secondary N) is 1. The number of rotatable bonds is 4. The van der Waals surface area contributed by atoms with Gasteiger partial charge in [0.1, 0.15) is 0 Å². The van der Waals surface area contributed by atoms with Gasteiger partial charge in [-0.2, -0.15) is 0 Å². The second-order valence-corrected chi connectivity index (χ2v) is 5.84. The largest absolute Gasteiger partial charge is 0.344 e. The van der Waals surface area contributed by atoms with E-state index in [2.05, 4.69) is 16.3 Å². The minimum absolute atomic E-state index is 0.119. The molecular formula is C13H16N4OS. The highest BCUT2D eigenvalue weighted by Crippen LogP contribution is 2.38. The van der Waals surface area contributed by atoms with Crippen LogP contribution < -0.4 is 11.4 Å². The zero-order chi connectivity index (χ0) is 13.4. The number of benzene rings is 1. The van der Waals surface area contributed by atoms with Crippen molar-refractivity contribution in [2.45, 2.75) is 42.4 Å². The zero-order valence-corrected chi connectivity index (χ0v) is 11.5. The minimum atomic E-state index is -0.119. The van der Waals surface area contributed by atoms with Gasteiger partial charge in [-0.15, -0.1) is 5.10 Å². The summed E-state index contributed by atoms with van der Waals surface area (Å²) in [6.07, 6.45) is 2.12. The lowest BCUT2D eigenvalue weighted by Crippen LogP contribution is -2.16. The molecule has 1 aliphatic carbocycles. The summed E-state index contributed by atoms with van der Waals surface area (Å²) in [5.74, 6) is 0. The van der Waals surface area contributed by atoms with Crippen molar-refractivity contribution in [3.8, 4) is 0 Å². The summed E-state index contributed by atoms with van der Waals surface area (Å²) in [7, 11) is 0. The molecule has 1 aliphatic rings. The Kier molecular flexibility index (Phi) is 3.20. The number of H-pyrrole nitrogens is 1. The molecule has 0 amide bonds. The standard InChI is InChI=1S/C13H16N4OS/c1-8-2-5-11(9(6-8)7-14)19-13-16-15-12(18)17(13)10-3-4-10/h2,5-6,10H,3-4,7,14H2,1H3,(H,15,18). The predicted octanol–water partition coefficient (Wildman–Crippen LogP) is 1.82. The normalized spacial score (nSPS) is 14.8. The SMILES string of the molecule is Cc1ccc(Sc2n[nH]c(=O)n2C2CC2)c(CN)c1. The third-order valence-corrected chi connectivity index (χ3v) is 4.31. The Morgan fingerprint density at radius 2 is 2.32 bits per heavy atom. The maximum Gasteiger partial charge on any atom is 0.344 e. The number of aromatic amines is 1. The Bertz CT molecular complexity index is 657. The molecule has 2 aromatic rings. The van der Waals surface area contributed by atoms with Crippen LogP contribution in [0.25, 0.3) is 0 Å². The molecule has 0 unspecified atom stereocenters. The lowest BCUT2D eigenvalue weighted by molar-refractivity contribution is 0.642. The summed E-state index contributed by atoms with van der Waals surface area (Å²) < 4.78 is 1.75. The Hall–Kier alpha value is -1.53. The third-order valence-electron chi connectivity index (χ3n) is 3.22. The van der Waals surface area contributed by atoms with Crippen LogP contribution in [0.5, 0.6) is 0 Å². The van der Waals surface area contributed by atoms with Crippen LogP contribution in [0.3, 0.4) is 0 Å². The molecule has 3 N–H and O–H groups in total. The van der Waals surface area contributed by atoms with Crippen molar-refractivity contribution in [2.24, 2.45) is 5.73 Å². The van der Waals surface area contributed by atoms with Crippen LogP contribution in [-0.4, -0.2) is 14.8 Å². The molecule has 1 aromatic carbocycles. The minimum Gasteiger partial charge on any atom is -0.326 e. The number of nitrogens with zero attached hydrogens (tertiary/aromatic N) is 2. The van der Waals surface area contributed by atoms with Crippen LogP contribution in [-0.2, 0) is 6.54 Å². The van der Waals surface area contributed by atoms with Gasteiger partial charge in [-0.25, -0.2) is 9.89 Å². The number of hydrogen-bond acceptors (Lipinski definition) is 4. The van der Waals surface area contributed by atoms with Crippen molar-refractivity contribution < 1.29 is 0 Å². The van der Waals surface area contributed by atoms with Crippen molar-refractivity contribution in [3.63, 3.8) is 0 Å². The van der Waals surface area contributed by atoms with Crippen molar-refractivity contribution in [1.82, 2.24) is 14.8 Å². The van der Waals surface area contributed by atoms with Gasteiger partial charge in [-0.3, -0.25) is 4.57 Å². The van der Waals surface area contributed by atoms with E-state index in [4.69, 9.17) is 5.73 Å². The van der Waals surface area contributed by atoms with Crippen molar-refractivity contribution >= 4 is 11.8 Å². The first kappa shape index (κ1) is 12.5. The van der Waals surface area contributed by atoms with E-state index in [0.717, 1.165) is 28.5 Å². The van der Waals surface area contributed by atoms with Gasteiger partial charge in [-0.05, 0) is 43.2 Å². The van der Waals surface area contributed by atoms with Crippen molar-refractivity contribution in [1.29, 1.82) is 0 Å². The number of aryl methyl sites for hydroxylation is 1. The predicted molar refractivity (Wildman–Crippen MR) is 74.3 cm³/mol. The summed E-state index contributed by atoms with van der Waals surface area (Å²) in [6.45, 7) is 2.53. The van der Waals surface area contributed by atoms with Gasteiger partial charge in [0.25, 0.3) is 0 Å². The summed E-state index contributed by atoms with van der Waals surface area (Å²) in [5.41, 5.74) is 7.93. The third kappa shape index (κ3) is 2.46. The average molecular weight is 276 g/mol. The highest BCUT2D eigenvalue weighted by molar-refractivity contribution is 7.99. The topological polar surface area (TPSA) is 76.7 Å². The molecule has 19 heavy (non-hydrogen) atoms. The van der Waals surface area contributed by atoms with Crippen LogP contribution in [0.15, 0.2) is 33.0 Å². The van der Waals surface area contributed by atoms with Crippen molar-refractivity contribution in [3.05, 3.63) is 39.8 Å². The van der Waals surface area contributed by atoms with Crippen LogP contribution >= 0.6 is 11.8 Å². The van der Waals surface area contributed by atoms with E-state index in [1.54, 1.807) is 4.57 Å². The van der Waals surface area contributed by atoms with Gasteiger partial charge in [-0.1, -0.05) is 17.7 Å². The monoisotopic (exact) mass is 276 g/mol. The maximum absolute atomic E-state index is 11.7. The Morgan fingerprint density at radius 3 is 3.00 bits per heavy atom. The molecule has 0 bridgehead atoms. The molecule has 5 nitrogen and oxygen atoms in total. The second kappa shape index (κ2) is 4.86. The molecule has 6 heteroatoms. The second-order valence-electron chi connectivity index (χ2n) is 4.83. The molecule has 0 radical (unpaired) electrons. The maximum atomic E-state index is 11.7. The zero-order valence-electron chi connectivity index (χ0n) is 10.7. The Morgan fingerprint density at radius 1 is 1.53 bits per heavy atom. The molecule has 1 heterocycles. The quantitative estimate of drug-likeness (QED) is 0.893. The first-order valence-electron chi connectivity index (χ1n) is 6.33. The number of nitrogens with two attached hydrogens (primary N) is 1. The highest BCUT2D eigenvalue weighted by atomic mass is 32.2. The molecule has 1 aromatic heterocycles. The first-order valence-corrected chi connectivity index (χ1v) is 7.15. The van der Waals surface area contributed by atoms with Crippen LogP contribution in [0, 0.1) is 6.92 Å². The fourth-order valence-corrected chi connectivity index (χ4v) is 3.11. The Labute approximate surface area is 115 Å². The molecule has 0 atom stereocenters. The van der Waals surface area contributed by atoms with E-state index in [0.29, 0.717) is 12.6 Å². The van der Waals surface area contributed by atoms with Gasteiger partial charge in [0, 0.05) is 17.5 Å². The van der Waals surface area contributed by atoms with Gasteiger partial charge in [0.05, 0.1) is 0 Å². The molecule has 100 valence electrons. The van der Waals surface area contributed by atoms with Crippen LogP contribution in [0.1, 0.15) is 30.0 Å². The van der Waals surface area contributed by atoms with Gasteiger partial charge >= 0.3 is 5.69 Å². The van der Waals surface area contributed by atoms with E-state index >= 15 is 0 Å². The molecule has 0 aliphatic heterocycles. The van der Waals surface area contributed by atoms with E-state index in [9.17, 15) is 4.79 Å². The summed E-state index contributed by atoms with van der Waals surface area (Å²) in [5, 5.41) is 7.38. The molecule has 1 saturated carbocycles. The molecular weight excluding hydrogens is 260 g/mol. The molecule has 1 fully saturated rings. The summed E-state index contributed by atoms with van der Waals surface area (Å²) in [6, 6.07) is 6.49. The number of hydrogen-bond donors (Lipinski definition) is 2. The molecule has 0 saturated heterocycles.